The van der Waals surface area contributed by atoms with Crippen molar-refractivity contribution < 1.29 is 19.1 Å². The van der Waals surface area contributed by atoms with Gasteiger partial charge in [-0.15, -0.1) is 0 Å². The molecule has 6 heteroatoms. The summed E-state index contributed by atoms with van der Waals surface area (Å²) < 4.78 is 5.85. The smallest absolute Gasteiger partial charge is 0.305 e. The average molecular weight is 344 g/mol. The lowest BCUT2D eigenvalue weighted by atomic mass is 10.1. The summed E-state index contributed by atoms with van der Waals surface area (Å²) in [5, 5.41) is 8.74. The van der Waals surface area contributed by atoms with Gasteiger partial charge in [-0.25, -0.2) is 0 Å². The fourth-order valence-corrected chi connectivity index (χ4v) is 1.96. The van der Waals surface area contributed by atoms with Gasteiger partial charge >= 0.3 is 5.97 Å². The number of hydrogen-bond donors (Lipinski definition) is 1. The minimum atomic E-state index is -0.925. The Morgan fingerprint density at radius 1 is 1.40 bits per heavy atom. The monoisotopic (exact) mass is 343 g/mol. The first kappa shape index (κ1) is 16.5. The average Bonchev–Trinajstić information content (AvgIpc) is 2.70. The predicted octanol–water partition coefficient (Wildman–Crippen LogP) is 3.16. The van der Waals surface area contributed by atoms with E-state index in [0.717, 1.165) is 0 Å². The minimum Gasteiger partial charge on any atom is -0.481 e. The first-order valence-electron chi connectivity index (χ1n) is 6.17. The van der Waals surface area contributed by atoms with Gasteiger partial charge in [0.1, 0.15) is 5.76 Å². The number of aliphatic carboxylic acids is 1. The fourth-order valence-electron chi connectivity index (χ4n) is 1.64. The minimum absolute atomic E-state index is 0.0802. The Bertz CT molecular complexity index is 513. The molecule has 110 valence electrons. The van der Waals surface area contributed by atoms with Crippen LogP contribution in [0.15, 0.2) is 27.3 Å². The van der Waals surface area contributed by atoms with Gasteiger partial charge in [-0.1, -0.05) is 0 Å². The van der Waals surface area contributed by atoms with Crippen LogP contribution in [0, 0.1) is 0 Å². The summed E-state index contributed by atoms with van der Waals surface area (Å²) in [6, 6.07) is 3.46. The number of carboxylic acid groups (broad SMARTS) is 1. The molecule has 0 aliphatic rings. The van der Waals surface area contributed by atoms with E-state index < -0.39 is 11.5 Å². The highest BCUT2D eigenvalue weighted by Gasteiger charge is 2.25. The second kappa shape index (κ2) is 6.74. The molecule has 1 rings (SSSR count). The van der Waals surface area contributed by atoms with Crippen LogP contribution in [0.5, 0.6) is 0 Å². The molecule has 0 saturated carbocycles. The molecule has 0 radical (unpaired) electrons. The molecule has 0 aliphatic carbocycles. The highest BCUT2D eigenvalue weighted by Crippen LogP contribution is 2.17. The quantitative estimate of drug-likeness (QED) is 0.833. The number of hydrogen-bond acceptors (Lipinski definition) is 3. The van der Waals surface area contributed by atoms with E-state index in [0.29, 0.717) is 10.4 Å². The van der Waals surface area contributed by atoms with Crippen molar-refractivity contribution in [2.75, 3.05) is 6.54 Å². The van der Waals surface area contributed by atoms with Gasteiger partial charge in [0.25, 0.3) is 0 Å². The summed E-state index contributed by atoms with van der Waals surface area (Å²) in [6.07, 6.45) is 2.87. The van der Waals surface area contributed by atoms with Crippen LogP contribution >= 0.6 is 15.9 Å². The Morgan fingerprint density at radius 3 is 2.50 bits per heavy atom. The van der Waals surface area contributed by atoms with Crippen molar-refractivity contribution in [1.29, 1.82) is 0 Å². The van der Waals surface area contributed by atoms with E-state index in [1.54, 1.807) is 18.2 Å². The number of furan rings is 1. The zero-order valence-electron chi connectivity index (χ0n) is 11.7. The molecule has 0 bridgehead atoms. The predicted molar refractivity (Wildman–Crippen MR) is 79.2 cm³/mol. The van der Waals surface area contributed by atoms with Crippen molar-refractivity contribution >= 4 is 33.9 Å². The summed E-state index contributed by atoms with van der Waals surface area (Å²) in [6.45, 7) is 5.77. The zero-order valence-corrected chi connectivity index (χ0v) is 13.3. The van der Waals surface area contributed by atoms with Gasteiger partial charge in [0.2, 0.25) is 5.91 Å². The molecule has 0 atom stereocenters. The number of nitrogens with zero attached hydrogens (tertiary/aromatic N) is 1. The van der Waals surface area contributed by atoms with E-state index in [1.807, 2.05) is 20.8 Å². The van der Waals surface area contributed by atoms with Crippen molar-refractivity contribution in [3.8, 4) is 0 Å². The van der Waals surface area contributed by atoms with Crippen molar-refractivity contribution in [1.82, 2.24) is 4.90 Å². The van der Waals surface area contributed by atoms with Crippen LogP contribution in [0.1, 0.15) is 33.0 Å². The Balaban J connectivity index is 2.77. The summed E-state index contributed by atoms with van der Waals surface area (Å²) in [4.78, 5) is 24.4. The lowest BCUT2D eigenvalue weighted by molar-refractivity contribution is -0.139. The van der Waals surface area contributed by atoms with Gasteiger partial charge in [-0.3, -0.25) is 9.59 Å². The highest BCUT2D eigenvalue weighted by atomic mass is 79.9. The number of carbonyl (C=O) groups excluding carboxylic acids is 1. The molecule has 0 aliphatic heterocycles. The van der Waals surface area contributed by atoms with E-state index in [1.165, 1.54) is 11.0 Å². The van der Waals surface area contributed by atoms with E-state index >= 15 is 0 Å². The van der Waals surface area contributed by atoms with E-state index in [9.17, 15) is 9.59 Å². The van der Waals surface area contributed by atoms with Crippen LogP contribution in [0.2, 0.25) is 0 Å². The van der Waals surface area contributed by atoms with Crippen molar-refractivity contribution in [2.24, 2.45) is 0 Å². The maximum Gasteiger partial charge on any atom is 0.305 e. The Morgan fingerprint density at radius 2 is 2.05 bits per heavy atom. The molecule has 0 saturated heterocycles. The number of carbonyl (C=O) groups is 2. The lowest BCUT2D eigenvalue weighted by Crippen LogP contribution is -2.45. The highest BCUT2D eigenvalue weighted by molar-refractivity contribution is 9.10. The largest absolute Gasteiger partial charge is 0.481 e. The van der Waals surface area contributed by atoms with Gasteiger partial charge in [-0.05, 0) is 54.9 Å². The normalized spacial score (nSPS) is 11.8. The van der Waals surface area contributed by atoms with Crippen LogP contribution in [0.25, 0.3) is 6.08 Å². The van der Waals surface area contributed by atoms with E-state index in [2.05, 4.69) is 15.9 Å². The summed E-state index contributed by atoms with van der Waals surface area (Å²) >= 11 is 3.18. The first-order chi connectivity index (χ1) is 9.20. The SMILES string of the molecule is CC(C)(C)N(CCC(=O)O)C(=O)/C=C/c1ccc(Br)o1. The fraction of sp³-hybridized carbons (Fsp3) is 0.429. The molecule has 1 amide bonds. The molecule has 1 N–H and O–H groups in total. The van der Waals surface area contributed by atoms with Crippen LogP contribution in [-0.2, 0) is 9.59 Å². The molecule has 5 nitrogen and oxygen atoms in total. The number of halogens is 1. The second-order valence-corrected chi connectivity index (χ2v) is 6.06. The van der Waals surface area contributed by atoms with Gasteiger partial charge < -0.3 is 14.4 Å². The van der Waals surface area contributed by atoms with E-state index in [-0.39, 0.29) is 18.9 Å². The Hall–Kier alpha value is -1.56. The van der Waals surface area contributed by atoms with Crippen LogP contribution < -0.4 is 0 Å². The van der Waals surface area contributed by atoms with Crippen molar-refractivity contribution in [3.05, 3.63) is 28.6 Å². The summed E-state index contributed by atoms with van der Waals surface area (Å²) in [5.74, 6) is -0.616. The molecular weight excluding hydrogens is 326 g/mol. The van der Waals surface area contributed by atoms with Crippen LogP contribution in [0.3, 0.4) is 0 Å². The topological polar surface area (TPSA) is 70.8 Å². The third-order valence-electron chi connectivity index (χ3n) is 2.61. The molecule has 1 heterocycles. The van der Waals surface area contributed by atoms with Gasteiger partial charge in [0, 0.05) is 18.2 Å². The molecule has 0 aromatic carbocycles. The van der Waals surface area contributed by atoms with Crippen molar-refractivity contribution in [2.45, 2.75) is 32.7 Å². The number of amides is 1. The maximum absolute atomic E-state index is 12.2. The molecule has 0 unspecified atom stereocenters. The van der Waals surface area contributed by atoms with Crippen molar-refractivity contribution in [3.63, 3.8) is 0 Å². The third kappa shape index (κ3) is 5.21. The Kier molecular flexibility index (Phi) is 5.56. The second-order valence-electron chi connectivity index (χ2n) is 5.28. The first-order valence-corrected chi connectivity index (χ1v) is 6.96. The summed E-state index contributed by atoms with van der Waals surface area (Å²) in [7, 11) is 0. The van der Waals surface area contributed by atoms with Gasteiger partial charge in [0.15, 0.2) is 4.67 Å². The molecule has 0 fully saturated rings. The van der Waals surface area contributed by atoms with Gasteiger partial charge in [-0.2, -0.15) is 0 Å². The maximum atomic E-state index is 12.2. The van der Waals surface area contributed by atoms with Crippen LogP contribution in [-0.4, -0.2) is 34.0 Å². The standard InChI is InChI=1S/C14H18BrNO4/c1-14(2,3)16(9-8-13(18)19)12(17)7-5-10-4-6-11(15)20-10/h4-7H,8-9H2,1-3H3,(H,18,19)/b7-5+. The zero-order chi connectivity index (χ0) is 15.3. The van der Waals surface area contributed by atoms with Gasteiger partial charge in [0.05, 0.1) is 6.42 Å². The lowest BCUT2D eigenvalue weighted by Gasteiger charge is -2.34. The molecular formula is C14H18BrNO4. The third-order valence-corrected chi connectivity index (χ3v) is 3.04. The molecule has 0 spiro atoms. The Labute approximate surface area is 126 Å². The molecule has 1 aromatic rings. The number of carboxylic acids is 1. The van der Waals surface area contributed by atoms with E-state index in [4.69, 9.17) is 9.52 Å². The molecule has 1 aromatic heterocycles. The van der Waals surface area contributed by atoms with Crippen LogP contribution in [0.4, 0.5) is 0 Å². The summed E-state index contributed by atoms with van der Waals surface area (Å²) in [5.41, 5.74) is -0.444. The number of rotatable bonds is 5. The molecule has 20 heavy (non-hydrogen) atoms.